The zero-order valence-electron chi connectivity index (χ0n) is 11.1. The van der Waals surface area contributed by atoms with Gasteiger partial charge in [-0.15, -0.1) is 23.5 Å². The van der Waals surface area contributed by atoms with Crippen molar-refractivity contribution < 1.29 is 19.1 Å². The normalized spacial score (nSPS) is 13.4. The number of hydrogen-bond acceptors (Lipinski definition) is 8. The molecule has 0 aliphatic rings. The minimum absolute atomic E-state index is 0.306. The predicted octanol–water partition coefficient (Wildman–Crippen LogP) is 1.21. The molecule has 0 saturated heterocycles. The second-order valence-corrected chi connectivity index (χ2v) is 5.47. The molecule has 0 aromatic heterocycles. The molecule has 0 radical (unpaired) electrons. The van der Waals surface area contributed by atoms with E-state index < -0.39 is 23.1 Å². The predicted molar refractivity (Wildman–Crippen MR) is 80.3 cm³/mol. The minimum atomic E-state index is -0.716. The molecule has 0 saturated carbocycles. The monoisotopic (exact) mass is 316 g/mol. The summed E-state index contributed by atoms with van der Waals surface area (Å²) in [6.45, 7) is 0. The van der Waals surface area contributed by atoms with Gasteiger partial charge in [-0.3, -0.25) is 11.5 Å². The van der Waals surface area contributed by atoms with Gasteiger partial charge in [-0.2, -0.15) is 0 Å². The van der Waals surface area contributed by atoms with Gasteiger partial charge in [0, 0.05) is 0 Å². The largest absolute Gasteiger partial charge is 0.434 e. The van der Waals surface area contributed by atoms with Crippen molar-refractivity contribution >= 4 is 35.5 Å². The minimum Gasteiger partial charge on any atom is -0.434 e. The van der Waals surface area contributed by atoms with Crippen molar-refractivity contribution in [3.05, 3.63) is 35.4 Å². The maximum absolute atomic E-state index is 11.7. The molecule has 1 rings (SSSR count). The average molecular weight is 316 g/mol. The summed E-state index contributed by atoms with van der Waals surface area (Å²) in [5, 5.41) is 0. The van der Waals surface area contributed by atoms with Crippen LogP contribution in [0.1, 0.15) is 20.7 Å². The number of rotatable bonds is 6. The summed E-state index contributed by atoms with van der Waals surface area (Å²) < 4.78 is 9.86. The maximum Gasteiger partial charge on any atom is 0.340 e. The summed E-state index contributed by atoms with van der Waals surface area (Å²) in [7, 11) is 0. The Hall–Kier alpha value is -1.22. The molecule has 110 valence electrons. The number of thioether (sulfide) groups is 2. The van der Waals surface area contributed by atoms with Crippen molar-refractivity contribution in [1.82, 2.24) is 0 Å². The van der Waals surface area contributed by atoms with Crippen LogP contribution in [0.25, 0.3) is 0 Å². The summed E-state index contributed by atoms with van der Waals surface area (Å²) in [5.74, 6) is -1.10. The Labute approximate surface area is 125 Å². The number of carbonyl (C=O) groups excluding carboxylic acids is 2. The van der Waals surface area contributed by atoms with Crippen LogP contribution in [0.15, 0.2) is 24.3 Å². The van der Waals surface area contributed by atoms with Crippen LogP contribution in [0, 0.1) is 0 Å². The van der Waals surface area contributed by atoms with E-state index >= 15 is 0 Å². The average Bonchev–Trinajstić information content (AvgIpc) is 2.46. The van der Waals surface area contributed by atoms with Crippen molar-refractivity contribution in [2.45, 2.75) is 11.1 Å². The van der Waals surface area contributed by atoms with E-state index in [2.05, 4.69) is 0 Å². The third-order valence-electron chi connectivity index (χ3n) is 2.27. The highest BCUT2D eigenvalue weighted by atomic mass is 32.2. The molecule has 1 aromatic carbocycles. The van der Waals surface area contributed by atoms with Gasteiger partial charge < -0.3 is 9.47 Å². The first-order valence-corrected chi connectivity index (χ1v) is 8.14. The lowest BCUT2D eigenvalue weighted by atomic mass is 10.1. The summed E-state index contributed by atoms with van der Waals surface area (Å²) >= 11 is 2.42. The van der Waals surface area contributed by atoms with Crippen LogP contribution in [0.4, 0.5) is 0 Å². The van der Waals surface area contributed by atoms with Gasteiger partial charge in [0.15, 0.2) is 11.1 Å². The number of carbonyl (C=O) groups is 2. The van der Waals surface area contributed by atoms with E-state index in [1.54, 1.807) is 12.5 Å². The molecule has 0 bridgehead atoms. The quantitative estimate of drug-likeness (QED) is 0.596. The lowest BCUT2D eigenvalue weighted by molar-refractivity contribution is 0.0453. The summed E-state index contributed by atoms with van der Waals surface area (Å²) in [4.78, 5) is 23.3. The van der Waals surface area contributed by atoms with Gasteiger partial charge in [0.25, 0.3) is 0 Å². The molecular formula is C12H16N2O4S2. The van der Waals surface area contributed by atoms with E-state index in [0.29, 0.717) is 11.1 Å². The fraction of sp³-hybridized carbons (Fsp3) is 0.333. The van der Waals surface area contributed by atoms with Gasteiger partial charge in [-0.25, -0.2) is 9.59 Å². The number of ether oxygens (including phenoxy) is 2. The molecule has 0 aliphatic carbocycles. The molecular weight excluding hydrogens is 300 g/mol. The van der Waals surface area contributed by atoms with Crippen LogP contribution in [0.5, 0.6) is 0 Å². The molecule has 20 heavy (non-hydrogen) atoms. The smallest absolute Gasteiger partial charge is 0.340 e. The first-order chi connectivity index (χ1) is 9.47. The Morgan fingerprint density at radius 3 is 1.45 bits per heavy atom. The standard InChI is InChI=1S/C12H16N2O4S2/c1-19-11(13)17-9(15)7-3-5-8(6-4-7)10(16)18-12(14)20-2/h3-6,11-12H,13-14H2,1-2H3. The lowest BCUT2D eigenvalue weighted by Gasteiger charge is -2.11. The van der Waals surface area contributed by atoms with Gasteiger partial charge in [0.2, 0.25) is 0 Å². The lowest BCUT2D eigenvalue weighted by Crippen LogP contribution is -2.24. The molecule has 0 spiro atoms. The SMILES string of the molecule is CSC(N)OC(=O)c1ccc(C(=O)OC(N)SC)cc1. The van der Waals surface area contributed by atoms with Crippen molar-refractivity contribution in [3.8, 4) is 0 Å². The van der Waals surface area contributed by atoms with Gasteiger partial charge in [-0.1, -0.05) is 0 Å². The van der Waals surface area contributed by atoms with Crippen LogP contribution >= 0.6 is 23.5 Å². The van der Waals surface area contributed by atoms with Gasteiger partial charge >= 0.3 is 11.9 Å². The Balaban J connectivity index is 2.68. The van der Waals surface area contributed by atoms with Crippen LogP contribution in [-0.2, 0) is 9.47 Å². The Kier molecular flexibility index (Phi) is 6.86. The number of benzene rings is 1. The summed E-state index contributed by atoms with van der Waals surface area (Å²) in [6.07, 6.45) is 3.46. The Bertz CT molecular complexity index is 424. The van der Waals surface area contributed by atoms with Crippen LogP contribution in [-0.4, -0.2) is 35.6 Å². The van der Waals surface area contributed by atoms with Gasteiger partial charge in [-0.05, 0) is 36.8 Å². The van der Waals surface area contributed by atoms with Gasteiger partial charge in [0.1, 0.15) is 0 Å². The molecule has 0 heterocycles. The van der Waals surface area contributed by atoms with Crippen molar-refractivity contribution in [1.29, 1.82) is 0 Å². The third-order valence-corrected chi connectivity index (χ3v) is 3.39. The Morgan fingerprint density at radius 1 is 0.900 bits per heavy atom. The second-order valence-electron chi connectivity index (χ2n) is 3.60. The molecule has 1 aromatic rings. The fourth-order valence-corrected chi connectivity index (χ4v) is 1.55. The Morgan fingerprint density at radius 2 is 1.20 bits per heavy atom. The highest BCUT2D eigenvalue weighted by molar-refractivity contribution is 7.99. The van der Waals surface area contributed by atoms with E-state index in [-0.39, 0.29) is 0 Å². The number of hydrogen-bond donors (Lipinski definition) is 2. The van der Waals surface area contributed by atoms with Crippen LogP contribution in [0.2, 0.25) is 0 Å². The van der Waals surface area contributed by atoms with E-state index in [1.165, 1.54) is 47.8 Å². The molecule has 0 amide bonds. The second kappa shape index (κ2) is 8.15. The highest BCUT2D eigenvalue weighted by Gasteiger charge is 2.14. The first kappa shape index (κ1) is 16.8. The molecule has 0 aliphatic heterocycles. The van der Waals surface area contributed by atoms with Crippen molar-refractivity contribution in [2.75, 3.05) is 12.5 Å². The van der Waals surface area contributed by atoms with Crippen molar-refractivity contribution in [2.24, 2.45) is 11.5 Å². The van der Waals surface area contributed by atoms with Gasteiger partial charge in [0.05, 0.1) is 11.1 Å². The summed E-state index contributed by atoms with van der Waals surface area (Å²) in [5.41, 5.74) is 10.2. The third kappa shape index (κ3) is 5.04. The number of esters is 2. The fourth-order valence-electron chi connectivity index (χ4n) is 1.19. The van der Waals surface area contributed by atoms with Crippen molar-refractivity contribution in [3.63, 3.8) is 0 Å². The molecule has 2 unspecified atom stereocenters. The molecule has 4 N–H and O–H groups in total. The van der Waals surface area contributed by atoms with Crippen LogP contribution < -0.4 is 11.5 Å². The zero-order valence-corrected chi connectivity index (χ0v) is 12.7. The van der Waals surface area contributed by atoms with E-state index in [4.69, 9.17) is 20.9 Å². The number of nitrogens with two attached hydrogens (primary N) is 2. The van der Waals surface area contributed by atoms with E-state index in [1.807, 2.05) is 0 Å². The van der Waals surface area contributed by atoms with Crippen LogP contribution in [0.3, 0.4) is 0 Å². The molecule has 6 nitrogen and oxygen atoms in total. The maximum atomic E-state index is 11.7. The molecule has 2 atom stereocenters. The highest BCUT2D eigenvalue weighted by Crippen LogP contribution is 2.12. The van der Waals surface area contributed by atoms with E-state index in [0.717, 1.165) is 0 Å². The molecule has 0 fully saturated rings. The summed E-state index contributed by atoms with van der Waals surface area (Å²) in [6, 6.07) is 5.88. The zero-order chi connectivity index (χ0) is 15.1. The molecule has 8 heteroatoms. The first-order valence-electron chi connectivity index (χ1n) is 5.56. The topological polar surface area (TPSA) is 105 Å². The van der Waals surface area contributed by atoms with E-state index in [9.17, 15) is 9.59 Å².